The van der Waals surface area contributed by atoms with E-state index in [1.165, 1.54) is 0 Å². The Kier molecular flexibility index (Phi) is 4.21. The number of alkyl halides is 1. The summed E-state index contributed by atoms with van der Waals surface area (Å²) in [6.45, 7) is 0. The van der Waals surface area contributed by atoms with Crippen LogP contribution in [0.1, 0.15) is 12.0 Å². The predicted octanol–water partition coefficient (Wildman–Crippen LogP) is 2.68. The standard InChI is InChI=1S/C11H11ClO/c1-13-11-7-5-10(6-8-11)4-2-3-9-12/h5-8H,3,9H2,1H3. The van der Waals surface area contributed by atoms with Gasteiger partial charge in [-0.3, -0.25) is 0 Å². The van der Waals surface area contributed by atoms with E-state index in [1.807, 2.05) is 24.3 Å². The van der Waals surface area contributed by atoms with Crippen LogP contribution < -0.4 is 4.74 Å². The minimum absolute atomic E-state index is 0.586. The average Bonchev–Trinajstić information content (AvgIpc) is 2.19. The zero-order valence-corrected chi connectivity index (χ0v) is 8.27. The first-order valence-electron chi connectivity index (χ1n) is 4.05. The molecule has 0 N–H and O–H groups in total. The monoisotopic (exact) mass is 194 g/mol. The van der Waals surface area contributed by atoms with Crippen molar-refractivity contribution in [2.24, 2.45) is 0 Å². The lowest BCUT2D eigenvalue weighted by atomic mass is 10.2. The van der Waals surface area contributed by atoms with Crippen LogP contribution in [0.2, 0.25) is 0 Å². The second kappa shape index (κ2) is 5.50. The van der Waals surface area contributed by atoms with E-state index in [1.54, 1.807) is 7.11 Å². The molecule has 68 valence electrons. The van der Waals surface area contributed by atoms with Crippen molar-refractivity contribution in [3.63, 3.8) is 0 Å². The number of benzene rings is 1. The minimum Gasteiger partial charge on any atom is -0.497 e. The van der Waals surface area contributed by atoms with Crippen LogP contribution in [0, 0.1) is 11.8 Å². The zero-order chi connectivity index (χ0) is 9.52. The van der Waals surface area contributed by atoms with E-state index in [0.29, 0.717) is 5.88 Å². The lowest BCUT2D eigenvalue weighted by Crippen LogP contribution is -1.81. The van der Waals surface area contributed by atoms with Gasteiger partial charge in [0.2, 0.25) is 0 Å². The van der Waals surface area contributed by atoms with Gasteiger partial charge in [-0.2, -0.15) is 0 Å². The Bertz CT molecular complexity index is 305. The molecule has 0 saturated carbocycles. The van der Waals surface area contributed by atoms with E-state index < -0.39 is 0 Å². The van der Waals surface area contributed by atoms with Crippen molar-refractivity contribution in [2.75, 3.05) is 13.0 Å². The summed E-state index contributed by atoms with van der Waals surface area (Å²) in [5.74, 6) is 7.41. The zero-order valence-electron chi connectivity index (χ0n) is 7.51. The molecule has 0 aliphatic heterocycles. The number of halogens is 1. The largest absolute Gasteiger partial charge is 0.497 e. The normalized spacial score (nSPS) is 8.77. The molecule has 0 bridgehead atoms. The maximum atomic E-state index is 5.49. The molecule has 0 spiro atoms. The Morgan fingerprint density at radius 1 is 1.31 bits per heavy atom. The molecule has 0 amide bonds. The summed E-state index contributed by atoms with van der Waals surface area (Å²) in [7, 11) is 1.65. The second-order valence-electron chi connectivity index (χ2n) is 2.47. The first-order chi connectivity index (χ1) is 6.36. The van der Waals surface area contributed by atoms with E-state index >= 15 is 0 Å². The first-order valence-corrected chi connectivity index (χ1v) is 4.59. The fourth-order valence-electron chi connectivity index (χ4n) is 0.886. The third kappa shape index (κ3) is 3.40. The lowest BCUT2D eigenvalue weighted by molar-refractivity contribution is 0.415. The van der Waals surface area contributed by atoms with Gasteiger partial charge in [-0.15, -0.1) is 11.6 Å². The van der Waals surface area contributed by atoms with Crippen molar-refractivity contribution >= 4 is 11.6 Å². The summed E-state index contributed by atoms with van der Waals surface area (Å²) in [6, 6.07) is 7.65. The Hall–Kier alpha value is -1.13. The third-order valence-electron chi connectivity index (χ3n) is 1.54. The molecule has 1 aromatic carbocycles. The summed E-state index contributed by atoms with van der Waals surface area (Å²) in [5, 5.41) is 0. The summed E-state index contributed by atoms with van der Waals surface area (Å²) < 4.78 is 5.03. The molecule has 1 aromatic rings. The first kappa shape index (κ1) is 9.95. The summed E-state index contributed by atoms with van der Waals surface area (Å²) >= 11 is 5.49. The molecule has 0 heterocycles. The third-order valence-corrected chi connectivity index (χ3v) is 1.73. The van der Waals surface area contributed by atoms with Gasteiger partial charge in [-0.25, -0.2) is 0 Å². The molecule has 0 unspecified atom stereocenters. The Balaban J connectivity index is 2.65. The fourth-order valence-corrected chi connectivity index (χ4v) is 0.981. The topological polar surface area (TPSA) is 9.23 Å². The van der Waals surface area contributed by atoms with Gasteiger partial charge < -0.3 is 4.74 Å². The van der Waals surface area contributed by atoms with Crippen LogP contribution in [0.15, 0.2) is 24.3 Å². The highest BCUT2D eigenvalue weighted by atomic mass is 35.5. The second-order valence-corrected chi connectivity index (χ2v) is 2.85. The van der Waals surface area contributed by atoms with Crippen LogP contribution in [-0.2, 0) is 0 Å². The van der Waals surface area contributed by atoms with Crippen molar-refractivity contribution in [3.05, 3.63) is 29.8 Å². The Labute approximate surface area is 83.7 Å². The molecule has 0 aliphatic carbocycles. The molecule has 0 radical (unpaired) electrons. The maximum Gasteiger partial charge on any atom is 0.118 e. The van der Waals surface area contributed by atoms with Gasteiger partial charge in [0.1, 0.15) is 5.75 Å². The SMILES string of the molecule is COc1ccc(C#CCCCl)cc1. The molecule has 1 nitrogen and oxygen atoms in total. The molecule has 0 fully saturated rings. The fraction of sp³-hybridized carbons (Fsp3) is 0.273. The van der Waals surface area contributed by atoms with Gasteiger partial charge in [0, 0.05) is 17.9 Å². The molecular weight excluding hydrogens is 184 g/mol. The van der Waals surface area contributed by atoms with E-state index in [4.69, 9.17) is 16.3 Å². The van der Waals surface area contributed by atoms with Crippen LogP contribution in [0.25, 0.3) is 0 Å². The highest BCUT2D eigenvalue weighted by Crippen LogP contribution is 2.10. The highest BCUT2D eigenvalue weighted by Gasteiger charge is 1.88. The number of hydrogen-bond donors (Lipinski definition) is 0. The molecule has 0 saturated heterocycles. The van der Waals surface area contributed by atoms with Crippen molar-refractivity contribution in [1.82, 2.24) is 0 Å². The van der Waals surface area contributed by atoms with Gasteiger partial charge in [0.05, 0.1) is 7.11 Å². The van der Waals surface area contributed by atoms with Gasteiger partial charge in [-0.05, 0) is 24.3 Å². The Morgan fingerprint density at radius 3 is 2.54 bits per heavy atom. The Morgan fingerprint density at radius 2 is 2.00 bits per heavy atom. The molecule has 2 heteroatoms. The average molecular weight is 195 g/mol. The number of ether oxygens (including phenoxy) is 1. The summed E-state index contributed by atoms with van der Waals surface area (Å²) in [4.78, 5) is 0. The van der Waals surface area contributed by atoms with Crippen LogP contribution in [0.5, 0.6) is 5.75 Å². The molecule has 1 rings (SSSR count). The molecule has 0 atom stereocenters. The quantitative estimate of drug-likeness (QED) is 0.520. The number of methoxy groups -OCH3 is 1. The van der Waals surface area contributed by atoms with Crippen LogP contribution in [0.3, 0.4) is 0 Å². The molecule has 13 heavy (non-hydrogen) atoms. The minimum atomic E-state index is 0.586. The predicted molar refractivity (Wildman–Crippen MR) is 55.2 cm³/mol. The van der Waals surface area contributed by atoms with E-state index in [9.17, 15) is 0 Å². The van der Waals surface area contributed by atoms with Crippen LogP contribution >= 0.6 is 11.6 Å². The number of rotatable bonds is 2. The maximum absolute atomic E-state index is 5.49. The van der Waals surface area contributed by atoms with Crippen molar-refractivity contribution in [2.45, 2.75) is 6.42 Å². The highest BCUT2D eigenvalue weighted by molar-refractivity contribution is 6.18. The summed E-state index contributed by atoms with van der Waals surface area (Å²) in [5.41, 5.74) is 0.992. The summed E-state index contributed by atoms with van der Waals surface area (Å²) in [6.07, 6.45) is 0.730. The van der Waals surface area contributed by atoms with E-state index in [0.717, 1.165) is 17.7 Å². The smallest absolute Gasteiger partial charge is 0.118 e. The molecule has 0 aromatic heterocycles. The molecule has 0 aliphatic rings. The number of hydrogen-bond acceptors (Lipinski definition) is 1. The van der Waals surface area contributed by atoms with Gasteiger partial charge in [-0.1, -0.05) is 11.8 Å². The van der Waals surface area contributed by atoms with Gasteiger partial charge in [0.25, 0.3) is 0 Å². The van der Waals surface area contributed by atoms with E-state index in [2.05, 4.69) is 11.8 Å². The van der Waals surface area contributed by atoms with Crippen LogP contribution in [0.4, 0.5) is 0 Å². The molecular formula is C11H11ClO. The van der Waals surface area contributed by atoms with Gasteiger partial charge >= 0.3 is 0 Å². The lowest BCUT2D eigenvalue weighted by Gasteiger charge is -1.97. The van der Waals surface area contributed by atoms with Crippen LogP contribution in [-0.4, -0.2) is 13.0 Å². The van der Waals surface area contributed by atoms with Crippen molar-refractivity contribution in [3.8, 4) is 17.6 Å². The van der Waals surface area contributed by atoms with Crippen molar-refractivity contribution < 1.29 is 4.74 Å². The van der Waals surface area contributed by atoms with Crippen molar-refractivity contribution in [1.29, 1.82) is 0 Å². The van der Waals surface area contributed by atoms with Gasteiger partial charge in [0.15, 0.2) is 0 Å². The van der Waals surface area contributed by atoms with E-state index in [-0.39, 0.29) is 0 Å².